The van der Waals surface area contributed by atoms with Crippen molar-refractivity contribution >= 4 is 0 Å². The van der Waals surface area contributed by atoms with Crippen LogP contribution in [-0.2, 0) is 6.54 Å². The molecule has 1 unspecified atom stereocenters. The van der Waals surface area contributed by atoms with Crippen molar-refractivity contribution in [1.82, 2.24) is 19.9 Å². The number of rotatable bonds is 6. The minimum Gasteiger partial charge on any atom is -0.325 e. The van der Waals surface area contributed by atoms with E-state index < -0.39 is 0 Å². The quantitative estimate of drug-likeness (QED) is 0.793. The summed E-state index contributed by atoms with van der Waals surface area (Å²) in [5.74, 6) is 0. The van der Waals surface area contributed by atoms with Gasteiger partial charge in [-0.1, -0.05) is 13.0 Å². The van der Waals surface area contributed by atoms with E-state index in [4.69, 9.17) is 0 Å². The van der Waals surface area contributed by atoms with Crippen LogP contribution in [0, 0.1) is 0 Å². The van der Waals surface area contributed by atoms with E-state index in [1.807, 2.05) is 36.9 Å². The van der Waals surface area contributed by atoms with Crippen LogP contribution in [0.3, 0.4) is 0 Å². The Morgan fingerprint density at radius 1 is 1.39 bits per heavy atom. The maximum Gasteiger partial charge on any atom is 0.0954 e. The molecule has 0 aromatic carbocycles. The fourth-order valence-electron chi connectivity index (χ4n) is 1.98. The van der Waals surface area contributed by atoms with E-state index >= 15 is 0 Å². The highest BCUT2D eigenvalue weighted by atomic mass is 15.1. The third-order valence-corrected chi connectivity index (χ3v) is 3.01. The second-order valence-electron chi connectivity index (χ2n) is 4.40. The van der Waals surface area contributed by atoms with Crippen LogP contribution in [0.15, 0.2) is 36.9 Å². The molecule has 4 nitrogen and oxygen atoms in total. The molecular weight excluding hydrogens is 224 g/mol. The first-order valence-electron chi connectivity index (χ1n) is 6.45. The number of pyridine rings is 1. The summed E-state index contributed by atoms with van der Waals surface area (Å²) in [5, 5.41) is 3.40. The van der Waals surface area contributed by atoms with Crippen molar-refractivity contribution in [3.05, 3.63) is 48.3 Å². The largest absolute Gasteiger partial charge is 0.325 e. The van der Waals surface area contributed by atoms with Gasteiger partial charge in [0, 0.05) is 18.9 Å². The molecule has 2 rings (SSSR count). The second-order valence-corrected chi connectivity index (χ2v) is 4.40. The first kappa shape index (κ1) is 12.8. The van der Waals surface area contributed by atoms with Gasteiger partial charge in [0.25, 0.3) is 0 Å². The van der Waals surface area contributed by atoms with Crippen LogP contribution in [-0.4, -0.2) is 21.1 Å². The Labute approximate surface area is 108 Å². The smallest absolute Gasteiger partial charge is 0.0954 e. The molecule has 0 aliphatic rings. The van der Waals surface area contributed by atoms with Crippen molar-refractivity contribution in [3.8, 4) is 0 Å². The van der Waals surface area contributed by atoms with Gasteiger partial charge in [-0.25, -0.2) is 4.98 Å². The third-order valence-electron chi connectivity index (χ3n) is 3.01. The fraction of sp³-hybridized carbons (Fsp3) is 0.429. The van der Waals surface area contributed by atoms with Crippen LogP contribution in [0.1, 0.15) is 37.7 Å². The molecule has 0 saturated heterocycles. The highest BCUT2D eigenvalue weighted by Crippen LogP contribution is 2.17. The Kier molecular flexibility index (Phi) is 4.47. The summed E-state index contributed by atoms with van der Waals surface area (Å²) in [6.07, 6.45) is 6.77. The lowest BCUT2D eigenvalue weighted by molar-refractivity contribution is 0.564. The third kappa shape index (κ3) is 2.96. The molecule has 1 atom stereocenters. The number of imidazole rings is 1. The molecule has 1 N–H and O–H groups in total. The van der Waals surface area contributed by atoms with Crippen molar-refractivity contribution in [2.24, 2.45) is 0 Å². The van der Waals surface area contributed by atoms with Crippen LogP contribution >= 0.6 is 0 Å². The van der Waals surface area contributed by atoms with Crippen molar-refractivity contribution in [2.45, 2.75) is 32.9 Å². The molecule has 0 aliphatic heterocycles. The Morgan fingerprint density at radius 2 is 2.28 bits per heavy atom. The summed E-state index contributed by atoms with van der Waals surface area (Å²) in [5.41, 5.74) is 2.26. The molecule has 4 heteroatoms. The SMILES string of the molecule is CCCNCc1cncn1C(C)c1ccccn1. The zero-order valence-corrected chi connectivity index (χ0v) is 11.0. The van der Waals surface area contributed by atoms with E-state index in [0.29, 0.717) is 0 Å². The molecule has 2 aromatic heterocycles. The molecule has 2 heterocycles. The highest BCUT2D eigenvalue weighted by molar-refractivity contribution is 5.12. The Morgan fingerprint density at radius 3 is 3.00 bits per heavy atom. The average Bonchev–Trinajstić information content (AvgIpc) is 2.88. The zero-order valence-electron chi connectivity index (χ0n) is 11.0. The number of nitrogens with one attached hydrogen (secondary N) is 1. The summed E-state index contributed by atoms with van der Waals surface area (Å²) in [4.78, 5) is 8.65. The number of hydrogen-bond acceptors (Lipinski definition) is 3. The normalized spacial score (nSPS) is 12.6. The van der Waals surface area contributed by atoms with Gasteiger partial charge in [0.05, 0.1) is 23.8 Å². The minimum atomic E-state index is 0.215. The maximum absolute atomic E-state index is 4.40. The van der Waals surface area contributed by atoms with Crippen molar-refractivity contribution in [1.29, 1.82) is 0 Å². The molecule has 0 saturated carbocycles. The molecule has 0 fully saturated rings. The Bertz CT molecular complexity index is 464. The second kappa shape index (κ2) is 6.31. The highest BCUT2D eigenvalue weighted by Gasteiger charge is 2.11. The van der Waals surface area contributed by atoms with Crippen LogP contribution < -0.4 is 5.32 Å². The predicted molar refractivity (Wildman–Crippen MR) is 72.3 cm³/mol. The van der Waals surface area contributed by atoms with Gasteiger partial charge in [0.15, 0.2) is 0 Å². The van der Waals surface area contributed by atoms with E-state index in [-0.39, 0.29) is 6.04 Å². The van der Waals surface area contributed by atoms with E-state index in [1.165, 1.54) is 5.69 Å². The topological polar surface area (TPSA) is 42.7 Å². The van der Waals surface area contributed by atoms with E-state index in [9.17, 15) is 0 Å². The summed E-state index contributed by atoms with van der Waals surface area (Å²) in [6, 6.07) is 6.22. The lowest BCUT2D eigenvalue weighted by atomic mass is 10.2. The standard InChI is InChI=1S/C14H20N4/c1-3-7-15-9-13-10-16-11-18(13)12(2)14-6-4-5-8-17-14/h4-6,8,10-12,15H,3,7,9H2,1-2H3. The molecule has 18 heavy (non-hydrogen) atoms. The van der Waals surface area contributed by atoms with Gasteiger partial charge < -0.3 is 9.88 Å². The van der Waals surface area contributed by atoms with Gasteiger partial charge in [-0.2, -0.15) is 0 Å². The Balaban J connectivity index is 2.11. The predicted octanol–water partition coefficient (Wildman–Crippen LogP) is 2.39. The van der Waals surface area contributed by atoms with Crippen LogP contribution in [0.25, 0.3) is 0 Å². The van der Waals surface area contributed by atoms with E-state index in [1.54, 1.807) is 0 Å². The number of hydrogen-bond donors (Lipinski definition) is 1. The molecule has 0 bridgehead atoms. The summed E-state index contributed by atoms with van der Waals surface area (Å²) < 4.78 is 2.17. The minimum absolute atomic E-state index is 0.215. The summed E-state index contributed by atoms with van der Waals surface area (Å²) in [6.45, 7) is 6.20. The van der Waals surface area contributed by atoms with Crippen LogP contribution in [0.5, 0.6) is 0 Å². The van der Waals surface area contributed by atoms with Gasteiger partial charge in [0.2, 0.25) is 0 Å². The van der Waals surface area contributed by atoms with Crippen molar-refractivity contribution < 1.29 is 0 Å². The number of aromatic nitrogens is 3. The van der Waals surface area contributed by atoms with E-state index in [2.05, 4.69) is 33.7 Å². The van der Waals surface area contributed by atoms with Gasteiger partial charge >= 0.3 is 0 Å². The summed E-state index contributed by atoms with van der Waals surface area (Å²) >= 11 is 0. The molecule has 96 valence electrons. The van der Waals surface area contributed by atoms with Gasteiger partial charge in [-0.05, 0) is 32.0 Å². The fourth-order valence-corrected chi connectivity index (χ4v) is 1.98. The lowest BCUT2D eigenvalue weighted by Crippen LogP contribution is -2.18. The maximum atomic E-state index is 4.40. The Hall–Kier alpha value is -1.68. The van der Waals surface area contributed by atoms with Gasteiger partial charge in [-0.3, -0.25) is 4.98 Å². The van der Waals surface area contributed by atoms with E-state index in [0.717, 1.165) is 25.2 Å². The van der Waals surface area contributed by atoms with Gasteiger partial charge in [0.1, 0.15) is 0 Å². The summed E-state index contributed by atoms with van der Waals surface area (Å²) in [7, 11) is 0. The molecule has 2 aromatic rings. The zero-order chi connectivity index (χ0) is 12.8. The lowest BCUT2D eigenvalue weighted by Gasteiger charge is -2.16. The average molecular weight is 244 g/mol. The number of nitrogens with zero attached hydrogens (tertiary/aromatic N) is 3. The van der Waals surface area contributed by atoms with Gasteiger partial charge in [-0.15, -0.1) is 0 Å². The van der Waals surface area contributed by atoms with Crippen LogP contribution in [0.4, 0.5) is 0 Å². The van der Waals surface area contributed by atoms with Crippen molar-refractivity contribution in [3.63, 3.8) is 0 Å². The molecule has 0 aliphatic carbocycles. The molecule has 0 amide bonds. The first-order chi connectivity index (χ1) is 8.83. The molecule has 0 radical (unpaired) electrons. The van der Waals surface area contributed by atoms with Crippen molar-refractivity contribution in [2.75, 3.05) is 6.54 Å². The monoisotopic (exact) mass is 244 g/mol. The van der Waals surface area contributed by atoms with Crippen LogP contribution in [0.2, 0.25) is 0 Å². The first-order valence-corrected chi connectivity index (χ1v) is 6.45. The molecule has 0 spiro atoms. The molecular formula is C14H20N4.